The summed E-state index contributed by atoms with van der Waals surface area (Å²) in [5.41, 5.74) is 5.27. The molecule has 24 heavy (non-hydrogen) atoms. The van der Waals surface area contributed by atoms with Gasteiger partial charge in [0, 0.05) is 29.1 Å². The predicted octanol–water partition coefficient (Wildman–Crippen LogP) is 4.79. The third-order valence-electron chi connectivity index (χ3n) is 4.15. The fourth-order valence-corrected chi connectivity index (χ4v) is 2.92. The van der Waals surface area contributed by atoms with Gasteiger partial charge in [0.25, 0.3) is 0 Å². The molecule has 2 nitrogen and oxygen atoms in total. The lowest BCUT2D eigenvalue weighted by Crippen LogP contribution is -2.41. The molecule has 0 unspecified atom stereocenters. The molecule has 0 aliphatic rings. The summed E-state index contributed by atoms with van der Waals surface area (Å²) in [7, 11) is 0. The van der Waals surface area contributed by atoms with Crippen LogP contribution < -0.4 is 4.57 Å². The summed E-state index contributed by atoms with van der Waals surface area (Å²) >= 11 is 5.88. The molecule has 0 fully saturated rings. The third-order valence-corrected chi connectivity index (χ3v) is 4.40. The highest BCUT2D eigenvalue weighted by Crippen LogP contribution is 2.22. The van der Waals surface area contributed by atoms with Crippen LogP contribution in [-0.4, -0.2) is 5.78 Å². The maximum absolute atomic E-state index is 12.5. The second-order valence-corrected chi connectivity index (χ2v) is 6.37. The van der Waals surface area contributed by atoms with Gasteiger partial charge in [-0.1, -0.05) is 41.9 Å². The van der Waals surface area contributed by atoms with Crippen molar-refractivity contribution in [3.63, 3.8) is 0 Å². The minimum absolute atomic E-state index is 0.0756. The van der Waals surface area contributed by atoms with Crippen molar-refractivity contribution in [1.82, 2.24) is 0 Å². The molecule has 3 rings (SSSR count). The molecule has 0 N–H and O–H groups in total. The zero-order valence-electron chi connectivity index (χ0n) is 13.8. The summed E-state index contributed by atoms with van der Waals surface area (Å²) in [6.07, 6.45) is 2.05. The quantitative estimate of drug-likeness (QED) is 0.495. The second kappa shape index (κ2) is 6.98. The fourth-order valence-electron chi connectivity index (χ4n) is 2.79. The van der Waals surface area contributed by atoms with E-state index in [0.29, 0.717) is 17.1 Å². The zero-order valence-corrected chi connectivity index (χ0v) is 14.5. The van der Waals surface area contributed by atoms with Crippen LogP contribution in [0.5, 0.6) is 0 Å². The number of benzene rings is 2. The smallest absolute Gasteiger partial charge is 0.227 e. The van der Waals surface area contributed by atoms with Crippen molar-refractivity contribution in [2.45, 2.75) is 20.4 Å². The first-order chi connectivity index (χ1) is 11.5. The molecule has 3 heteroatoms. The maximum atomic E-state index is 12.5. The van der Waals surface area contributed by atoms with Gasteiger partial charge in [-0.2, -0.15) is 4.57 Å². The SMILES string of the molecule is Cc1c[n+](CC(=O)c2ccc(Cl)cc2)c(C)cc1-c1ccccc1. The zero-order chi connectivity index (χ0) is 17.1. The summed E-state index contributed by atoms with van der Waals surface area (Å²) in [5.74, 6) is 0.0756. The molecule has 0 saturated heterocycles. The minimum Gasteiger partial charge on any atom is -0.287 e. The fraction of sp³-hybridized carbons (Fsp3) is 0.143. The Balaban J connectivity index is 1.88. The van der Waals surface area contributed by atoms with E-state index in [-0.39, 0.29) is 5.78 Å². The Morgan fingerprint density at radius 3 is 2.33 bits per heavy atom. The Bertz CT molecular complexity index is 870. The number of ketones is 1. The van der Waals surface area contributed by atoms with Crippen LogP contribution in [0.25, 0.3) is 11.1 Å². The van der Waals surface area contributed by atoms with Crippen LogP contribution in [0.1, 0.15) is 21.6 Å². The number of carbonyl (C=O) groups is 1. The minimum atomic E-state index is 0.0756. The summed E-state index contributed by atoms with van der Waals surface area (Å²) in [6, 6.07) is 19.5. The number of halogens is 1. The van der Waals surface area contributed by atoms with E-state index in [9.17, 15) is 4.79 Å². The van der Waals surface area contributed by atoms with Gasteiger partial charge in [0.15, 0.2) is 11.9 Å². The van der Waals surface area contributed by atoms with Crippen molar-refractivity contribution < 1.29 is 9.36 Å². The monoisotopic (exact) mass is 336 g/mol. The number of aryl methyl sites for hydroxylation is 2. The maximum Gasteiger partial charge on any atom is 0.227 e. The highest BCUT2D eigenvalue weighted by Gasteiger charge is 2.17. The number of rotatable bonds is 4. The lowest BCUT2D eigenvalue weighted by atomic mass is 10.0. The van der Waals surface area contributed by atoms with E-state index in [1.54, 1.807) is 24.3 Å². The van der Waals surface area contributed by atoms with Crippen molar-refractivity contribution in [2.75, 3.05) is 0 Å². The lowest BCUT2D eigenvalue weighted by molar-refractivity contribution is -0.689. The topological polar surface area (TPSA) is 20.9 Å². The molecule has 0 aliphatic carbocycles. The van der Waals surface area contributed by atoms with Gasteiger partial charge in [-0.05, 0) is 42.3 Å². The Kier molecular flexibility index (Phi) is 4.77. The van der Waals surface area contributed by atoms with Crippen LogP contribution in [-0.2, 0) is 6.54 Å². The van der Waals surface area contributed by atoms with Crippen LogP contribution in [0.4, 0.5) is 0 Å². The van der Waals surface area contributed by atoms with Gasteiger partial charge in [-0.3, -0.25) is 4.79 Å². The Morgan fingerprint density at radius 2 is 1.67 bits per heavy atom. The van der Waals surface area contributed by atoms with E-state index < -0.39 is 0 Å². The van der Waals surface area contributed by atoms with Gasteiger partial charge in [0.05, 0.1) is 0 Å². The molecule has 120 valence electrons. The summed E-state index contributed by atoms with van der Waals surface area (Å²) < 4.78 is 2.00. The average molecular weight is 337 g/mol. The first-order valence-electron chi connectivity index (χ1n) is 7.89. The van der Waals surface area contributed by atoms with Crippen LogP contribution in [0, 0.1) is 13.8 Å². The van der Waals surface area contributed by atoms with Crippen molar-refractivity contribution >= 4 is 17.4 Å². The second-order valence-electron chi connectivity index (χ2n) is 5.94. The third kappa shape index (κ3) is 3.55. The highest BCUT2D eigenvalue weighted by atomic mass is 35.5. The van der Waals surface area contributed by atoms with E-state index in [1.807, 2.05) is 35.9 Å². The number of carbonyl (C=O) groups excluding carboxylic acids is 1. The van der Waals surface area contributed by atoms with Crippen molar-refractivity contribution in [3.8, 4) is 11.1 Å². The number of pyridine rings is 1. The van der Waals surface area contributed by atoms with E-state index in [2.05, 4.69) is 25.1 Å². The molecule has 0 aliphatic heterocycles. The molecule has 0 bridgehead atoms. The normalized spacial score (nSPS) is 10.6. The van der Waals surface area contributed by atoms with Crippen LogP contribution in [0.15, 0.2) is 66.9 Å². The predicted molar refractivity (Wildman–Crippen MR) is 97.3 cm³/mol. The van der Waals surface area contributed by atoms with Crippen LogP contribution in [0.3, 0.4) is 0 Å². The average Bonchev–Trinajstić information content (AvgIpc) is 2.59. The molecule has 2 aromatic carbocycles. The van der Waals surface area contributed by atoms with Gasteiger partial charge in [0.2, 0.25) is 12.3 Å². The highest BCUT2D eigenvalue weighted by molar-refractivity contribution is 6.30. The Morgan fingerprint density at radius 1 is 1.00 bits per heavy atom. The molecule has 3 aromatic rings. The lowest BCUT2D eigenvalue weighted by Gasteiger charge is -2.08. The number of nitrogens with zero attached hydrogens (tertiary/aromatic N) is 1. The van der Waals surface area contributed by atoms with Gasteiger partial charge >= 0.3 is 0 Å². The summed E-state index contributed by atoms with van der Waals surface area (Å²) in [5, 5.41) is 0.637. The van der Waals surface area contributed by atoms with Crippen LogP contribution in [0.2, 0.25) is 5.02 Å². The van der Waals surface area contributed by atoms with E-state index in [4.69, 9.17) is 11.6 Å². The Hall–Kier alpha value is -2.45. The number of aromatic nitrogens is 1. The molecule has 1 aromatic heterocycles. The molecule has 1 heterocycles. The van der Waals surface area contributed by atoms with Gasteiger partial charge in [0.1, 0.15) is 0 Å². The number of Topliss-reactive ketones (excluding diaryl/α,β-unsaturated/α-hetero) is 1. The standard InChI is InChI=1S/C21H19ClNO/c1-15-13-23(14-21(24)18-8-10-19(22)11-9-18)16(2)12-20(15)17-6-4-3-5-7-17/h3-13H,14H2,1-2H3/q+1. The first kappa shape index (κ1) is 16.4. The first-order valence-corrected chi connectivity index (χ1v) is 8.27. The van der Waals surface area contributed by atoms with E-state index in [0.717, 1.165) is 11.3 Å². The number of hydrogen-bond donors (Lipinski definition) is 0. The van der Waals surface area contributed by atoms with E-state index in [1.165, 1.54) is 11.1 Å². The molecular weight excluding hydrogens is 318 g/mol. The summed E-state index contributed by atoms with van der Waals surface area (Å²) in [6.45, 7) is 4.43. The van der Waals surface area contributed by atoms with Crippen molar-refractivity contribution in [2.24, 2.45) is 0 Å². The van der Waals surface area contributed by atoms with Gasteiger partial charge in [-0.25, -0.2) is 0 Å². The summed E-state index contributed by atoms with van der Waals surface area (Å²) in [4.78, 5) is 12.5. The molecule has 0 radical (unpaired) electrons. The number of hydrogen-bond acceptors (Lipinski definition) is 1. The van der Waals surface area contributed by atoms with Crippen molar-refractivity contribution in [3.05, 3.63) is 88.7 Å². The molecule has 0 saturated carbocycles. The molecular formula is C21H19ClNO+. The molecule has 0 spiro atoms. The Labute approximate surface area is 147 Å². The van der Waals surface area contributed by atoms with Gasteiger partial charge in [-0.15, -0.1) is 0 Å². The van der Waals surface area contributed by atoms with Gasteiger partial charge < -0.3 is 0 Å². The van der Waals surface area contributed by atoms with Crippen molar-refractivity contribution in [1.29, 1.82) is 0 Å². The van der Waals surface area contributed by atoms with E-state index >= 15 is 0 Å². The largest absolute Gasteiger partial charge is 0.287 e. The molecule has 0 atom stereocenters. The molecule has 0 amide bonds. The van der Waals surface area contributed by atoms with Crippen LogP contribution >= 0.6 is 11.6 Å².